The standard InChI is InChI=1S/C17H22BF4NO2/c1-5-16(3,4)25-18(24-6-2)14-9-12(19)10-15-13(14)7-8-23(15)11-17(20,21)22/h7-10H,5-6,11H2,1-4H3. The first kappa shape index (κ1) is 19.8. The summed E-state index contributed by atoms with van der Waals surface area (Å²) in [5.41, 5.74) is 0.0294. The molecule has 8 heteroatoms. The Labute approximate surface area is 145 Å². The fourth-order valence-electron chi connectivity index (χ4n) is 2.53. The molecule has 0 aliphatic heterocycles. The molecule has 1 heterocycles. The third-order valence-corrected chi connectivity index (χ3v) is 4.08. The van der Waals surface area contributed by atoms with Crippen LogP contribution >= 0.6 is 0 Å². The minimum Gasteiger partial charge on any atom is -0.408 e. The van der Waals surface area contributed by atoms with Crippen LogP contribution in [0.15, 0.2) is 24.4 Å². The Hall–Kier alpha value is -1.54. The minimum absolute atomic E-state index is 0.162. The number of hydrogen-bond donors (Lipinski definition) is 0. The molecule has 0 bridgehead atoms. The summed E-state index contributed by atoms with van der Waals surface area (Å²) >= 11 is 0. The van der Waals surface area contributed by atoms with E-state index in [0.29, 0.717) is 23.9 Å². The molecule has 25 heavy (non-hydrogen) atoms. The fourth-order valence-corrected chi connectivity index (χ4v) is 2.53. The van der Waals surface area contributed by atoms with E-state index in [2.05, 4.69) is 0 Å². The van der Waals surface area contributed by atoms with Crippen molar-refractivity contribution in [2.45, 2.75) is 52.4 Å². The number of fused-ring (bicyclic) bond motifs is 1. The zero-order chi connectivity index (χ0) is 18.8. The van der Waals surface area contributed by atoms with Crippen molar-refractivity contribution >= 4 is 23.5 Å². The largest absolute Gasteiger partial charge is 0.495 e. The van der Waals surface area contributed by atoms with Crippen molar-refractivity contribution in [2.75, 3.05) is 6.61 Å². The van der Waals surface area contributed by atoms with Crippen molar-refractivity contribution in [1.29, 1.82) is 0 Å². The second kappa shape index (κ2) is 7.37. The summed E-state index contributed by atoms with van der Waals surface area (Å²) in [6, 6.07) is 3.88. The van der Waals surface area contributed by atoms with Gasteiger partial charge in [0.2, 0.25) is 0 Å². The Bertz CT molecular complexity index is 727. The van der Waals surface area contributed by atoms with E-state index in [0.717, 1.165) is 10.6 Å². The van der Waals surface area contributed by atoms with Crippen LogP contribution in [0.3, 0.4) is 0 Å². The van der Waals surface area contributed by atoms with Gasteiger partial charge in [-0.1, -0.05) is 6.92 Å². The van der Waals surface area contributed by atoms with Gasteiger partial charge in [0.1, 0.15) is 12.4 Å². The first-order valence-electron chi connectivity index (χ1n) is 8.20. The third-order valence-electron chi connectivity index (χ3n) is 4.08. The van der Waals surface area contributed by atoms with Gasteiger partial charge < -0.3 is 13.9 Å². The average Bonchev–Trinajstić information content (AvgIpc) is 2.87. The molecule has 0 aliphatic rings. The number of hydrogen-bond acceptors (Lipinski definition) is 2. The van der Waals surface area contributed by atoms with E-state index >= 15 is 0 Å². The quantitative estimate of drug-likeness (QED) is 0.544. The van der Waals surface area contributed by atoms with Crippen LogP contribution in [0.5, 0.6) is 0 Å². The van der Waals surface area contributed by atoms with Gasteiger partial charge in [-0.25, -0.2) is 4.39 Å². The second-order valence-corrected chi connectivity index (χ2v) is 6.51. The van der Waals surface area contributed by atoms with Crippen LogP contribution < -0.4 is 5.46 Å². The van der Waals surface area contributed by atoms with Crippen LogP contribution in [-0.2, 0) is 15.9 Å². The van der Waals surface area contributed by atoms with Crippen molar-refractivity contribution in [1.82, 2.24) is 4.57 Å². The Morgan fingerprint density at radius 2 is 1.84 bits per heavy atom. The van der Waals surface area contributed by atoms with Gasteiger partial charge in [-0.05, 0) is 56.2 Å². The molecule has 0 amide bonds. The van der Waals surface area contributed by atoms with Gasteiger partial charge in [-0.2, -0.15) is 13.2 Å². The smallest absolute Gasteiger partial charge is 0.408 e. The van der Waals surface area contributed by atoms with Crippen molar-refractivity contribution < 1.29 is 26.9 Å². The lowest BCUT2D eigenvalue weighted by molar-refractivity contribution is -0.139. The SMILES string of the molecule is CCOB(OC(C)(C)CC)c1cc(F)cc2c1ccn2CC(F)(F)F. The Morgan fingerprint density at radius 1 is 1.16 bits per heavy atom. The van der Waals surface area contributed by atoms with Gasteiger partial charge in [0.15, 0.2) is 0 Å². The van der Waals surface area contributed by atoms with Crippen LogP contribution in [0, 0.1) is 5.82 Å². The van der Waals surface area contributed by atoms with E-state index in [1.165, 1.54) is 18.3 Å². The highest BCUT2D eigenvalue weighted by molar-refractivity contribution is 6.64. The maximum absolute atomic E-state index is 14.1. The van der Waals surface area contributed by atoms with Crippen LogP contribution in [0.1, 0.15) is 34.1 Å². The topological polar surface area (TPSA) is 23.4 Å². The van der Waals surface area contributed by atoms with Crippen LogP contribution in [0.4, 0.5) is 17.6 Å². The summed E-state index contributed by atoms with van der Waals surface area (Å²) in [5, 5.41) is 0.482. The van der Waals surface area contributed by atoms with Crippen LogP contribution in [0.2, 0.25) is 0 Å². The summed E-state index contributed by atoms with van der Waals surface area (Å²) in [5.74, 6) is -0.632. The van der Waals surface area contributed by atoms with E-state index < -0.39 is 31.3 Å². The maximum Gasteiger partial charge on any atom is 0.495 e. The summed E-state index contributed by atoms with van der Waals surface area (Å²) < 4.78 is 64.9. The Balaban J connectivity index is 2.51. The molecular weight excluding hydrogens is 337 g/mol. The molecule has 0 aliphatic carbocycles. The molecule has 3 nitrogen and oxygen atoms in total. The van der Waals surface area contributed by atoms with Crippen molar-refractivity contribution in [2.24, 2.45) is 0 Å². The van der Waals surface area contributed by atoms with Gasteiger partial charge >= 0.3 is 13.3 Å². The maximum atomic E-state index is 14.1. The number of aromatic nitrogens is 1. The molecule has 0 N–H and O–H groups in total. The second-order valence-electron chi connectivity index (χ2n) is 6.51. The van der Waals surface area contributed by atoms with Crippen molar-refractivity contribution in [3.05, 3.63) is 30.2 Å². The minimum atomic E-state index is -4.39. The summed E-state index contributed by atoms with van der Waals surface area (Å²) in [6.07, 6.45) is -2.39. The number of alkyl halides is 3. The average molecular weight is 359 g/mol. The molecule has 0 atom stereocenters. The summed E-state index contributed by atoms with van der Waals surface area (Å²) in [4.78, 5) is 0. The molecule has 0 saturated carbocycles. The van der Waals surface area contributed by atoms with Gasteiger partial charge in [0.05, 0.1) is 5.52 Å². The number of benzene rings is 1. The van der Waals surface area contributed by atoms with E-state index in [1.54, 1.807) is 6.92 Å². The molecule has 0 spiro atoms. The van der Waals surface area contributed by atoms with E-state index in [-0.39, 0.29) is 5.52 Å². The molecule has 0 saturated heterocycles. The molecule has 0 fully saturated rings. The zero-order valence-corrected chi connectivity index (χ0v) is 14.8. The molecule has 1 aromatic heterocycles. The lowest BCUT2D eigenvalue weighted by Gasteiger charge is -2.28. The lowest BCUT2D eigenvalue weighted by Crippen LogP contribution is -2.44. The molecular formula is C17H22BF4NO2. The monoisotopic (exact) mass is 359 g/mol. The van der Waals surface area contributed by atoms with Gasteiger partial charge in [-0.15, -0.1) is 0 Å². The zero-order valence-electron chi connectivity index (χ0n) is 14.8. The van der Waals surface area contributed by atoms with E-state index in [9.17, 15) is 17.6 Å². The predicted octanol–water partition coefficient (Wildman–Crippen LogP) is 4.28. The normalized spacial score (nSPS) is 12.8. The highest BCUT2D eigenvalue weighted by Gasteiger charge is 2.33. The van der Waals surface area contributed by atoms with Gasteiger partial charge in [-0.3, -0.25) is 0 Å². The molecule has 0 unspecified atom stereocenters. The first-order valence-corrected chi connectivity index (χ1v) is 8.20. The van der Waals surface area contributed by atoms with E-state index in [4.69, 9.17) is 9.31 Å². The number of nitrogens with zero attached hydrogens (tertiary/aromatic N) is 1. The Morgan fingerprint density at radius 3 is 2.40 bits per heavy atom. The number of rotatable bonds is 7. The van der Waals surface area contributed by atoms with Gasteiger partial charge in [0.25, 0.3) is 0 Å². The fraction of sp³-hybridized carbons (Fsp3) is 0.529. The van der Waals surface area contributed by atoms with Gasteiger partial charge in [0, 0.05) is 18.4 Å². The molecule has 0 radical (unpaired) electrons. The summed E-state index contributed by atoms with van der Waals surface area (Å²) in [7, 11) is -0.861. The molecule has 2 aromatic rings. The third kappa shape index (κ3) is 4.98. The lowest BCUT2D eigenvalue weighted by atomic mass is 9.75. The highest BCUT2D eigenvalue weighted by atomic mass is 19.4. The highest BCUT2D eigenvalue weighted by Crippen LogP contribution is 2.24. The van der Waals surface area contributed by atoms with Crippen LogP contribution in [-0.4, -0.2) is 30.1 Å². The van der Waals surface area contributed by atoms with Crippen molar-refractivity contribution in [3.63, 3.8) is 0 Å². The molecule has 2 rings (SSSR count). The van der Waals surface area contributed by atoms with E-state index in [1.807, 2.05) is 20.8 Å². The predicted molar refractivity (Wildman–Crippen MR) is 90.4 cm³/mol. The first-order chi connectivity index (χ1) is 11.6. The van der Waals surface area contributed by atoms with Crippen LogP contribution in [0.25, 0.3) is 10.9 Å². The Kier molecular flexibility index (Phi) is 5.84. The summed E-state index contributed by atoms with van der Waals surface area (Å²) in [6.45, 7) is 6.63. The molecule has 138 valence electrons. The molecule has 1 aromatic carbocycles. The van der Waals surface area contributed by atoms with Crippen molar-refractivity contribution in [3.8, 4) is 0 Å². The number of halogens is 4.